The number of nitrogens with zero attached hydrogens (tertiary/aromatic N) is 3. The van der Waals surface area contributed by atoms with Gasteiger partial charge in [0.1, 0.15) is 16.9 Å². The number of carbonyl (C=O) groups excluding carboxylic acids is 1. The first-order valence-electron chi connectivity index (χ1n) is 13.2. The number of nitrogens with one attached hydrogen (secondary N) is 2. The van der Waals surface area contributed by atoms with Crippen LogP contribution in [0.4, 0.5) is 5.82 Å². The zero-order valence-corrected chi connectivity index (χ0v) is 22.9. The lowest BCUT2D eigenvalue weighted by Crippen LogP contribution is -2.27. The molecule has 0 aliphatic carbocycles. The summed E-state index contributed by atoms with van der Waals surface area (Å²) in [5.41, 5.74) is 4.09. The molecule has 0 aliphatic heterocycles. The number of rotatable bonds is 9. The largest absolute Gasteiger partial charge is 0.352 e. The second-order valence-electron chi connectivity index (χ2n) is 9.59. The normalized spacial score (nSPS) is 11.5. The van der Waals surface area contributed by atoms with Gasteiger partial charge in [0.15, 0.2) is 5.65 Å². The molecule has 4 aromatic carbocycles. The molecule has 6 rings (SSSR count). The van der Waals surface area contributed by atoms with E-state index in [2.05, 4.69) is 10.0 Å². The van der Waals surface area contributed by atoms with E-state index >= 15 is 0 Å². The van der Waals surface area contributed by atoms with Gasteiger partial charge < -0.3 is 9.88 Å². The summed E-state index contributed by atoms with van der Waals surface area (Å²) >= 11 is 0. The summed E-state index contributed by atoms with van der Waals surface area (Å²) in [5, 5.41) is 2.98. The summed E-state index contributed by atoms with van der Waals surface area (Å²) in [6.07, 6.45) is 0.620. The van der Waals surface area contributed by atoms with Crippen LogP contribution in [0.3, 0.4) is 0 Å². The molecule has 0 unspecified atom stereocenters. The van der Waals surface area contributed by atoms with Crippen LogP contribution in [0.2, 0.25) is 0 Å². The average Bonchev–Trinajstić information content (AvgIpc) is 3.28. The highest BCUT2D eigenvalue weighted by Crippen LogP contribution is 2.32. The van der Waals surface area contributed by atoms with Crippen LogP contribution >= 0.6 is 0 Å². The highest BCUT2D eigenvalue weighted by molar-refractivity contribution is 7.92. The quantitative estimate of drug-likeness (QED) is 0.246. The Morgan fingerprint density at radius 3 is 1.93 bits per heavy atom. The molecule has 0 bridgehead atoms. The minimum atomic E-state index is -4.05. The Balaban J connectivity index is 1.51. The number of carbonyl (C=O) groups is 1. The zero-order valence-electron chi connectivity index (χ0n) is 22.1. The van der Waals surface area contributed by atoms with Crippen LogP contribution in [0.1, 0.15) is 21.5 Å². The number of sulfonamides is 1. The van der Waals surface area contributed by atoms with Crippen molar-refractivity contribution in [3.8, 4) is 0 Å². The van der Waals surface area contributed by atoms with Crippen LogP contribution in [0.5, 0.6) is 0 Å². The molecular weight excluding hydrogens is 534 g/mol. The fraction of sp³-hybridized carbons (Fsp3) is 0.0938. The van der Waals surface area contributed by atoms with Crippen molar-refractivity contribution in [2.75, 3.05) is 11.3 Å². The Labute approximate surface area is 237 Å². The SMILES string of the molecule is O=C(NCCc1ccccc1)c1c(NS(=O)(=O)c2ccccc2)n(Cc2ccccc2)c2nc3ccccc3nc12. The van der Waals surface area contributed by atoms with Crippen molar-refractivity contribution >= 4 is 43.9 Å². The van der Waals surface area contributed by atoms with Crippen molar-refractivity contribution < 1.29 is 13.2 Å². The molecule has 0 saturated carbocycles. The maximum absolute atomic E-state index is 13.9. The van der Waals surface area contributed by atoms with Gasteiger partial charge in [-0.2, -0.15) is 0 Å². The monoisotopic (exact) mass is 561 g/mol. The van der Waals surface area contributed by atoms with Gasteiger partial charge in [0.05, 0.1) is 22.5 Å². The molecule has 0 radical (unpaired) electrons. The molecule has 0 aliphatic rings. The highest BCUT2D eigenvalue weighted by Gasteiger charge is 2.29. The van der Waals surface area contributed by atoms with Crippen LogP contribution in [-0.4, -0.2) is 35.4 Å². The lowest BCUT2D eigenvalue weighted by molar-refractivity contribution is 0.0956. The van der Waals surface area contributed by atoms with E-state index in [9.17, 15) is 13.2 Å². The highest BCUT2D eigenvalue weighted by atomic mass is 32.2. The Morgan fingerprint density at radius 1 is 0.707 bits per heavy atom. The molecule has 9 heteroatoms. The maximum atomic E-state index is 13.9. The van der Waals surface area contributed by atoms with E-state index in [0.717, 1.165) is 11.1 Å². The van der Waals surface area contributed by atoms with E-state index < -0.39 is 15.9 Å². The molecule has 0 fully saturated rings. The van der Waals surface area contributed by atoms with E-state index in [-0.39, 0.29) is 22.8 Å². The minimum Gasteiger partial charge on any atom is -0.352 e. The summed E-state index contributed by atoms with van der Waals surface area (Å²) in [4.78, 5) is 23.6. The first-order chi connectivity index (χ1) is 20.0. The summed E-state index contributed by atoms with van der Waals surface area (Å²) in [6.45, 7) is 0.633. The van der Waals surface area contributed by atoms with Gasteiger partial charge in [-0.3, -0.25) is 9.52 Å². The number of benzene rings is 4. The lowest BCUT2D eigenvalue weighted by atomic mass is 10.1. The van der Waals surface area contributed by atoms with Gasteiger partial charge in [-0.15, -0.1) is 0 Å². The third-order valence-electron chi connectivity index (χ3n) is 6.79. The second-order valence-corrected chi connectivity index (χ2v) is 11.3. The van der Waals surface area contributed by atoms with Crippen LogP contribution in [0, 0.1) is 0 Å². The minimum absolute atomic E-state index is 0.0815. The average molecular weight is 562 g/mol. The third kappa shape index (κ3) is 5.53. The van der Waals surface area contributed by atoms with E-state index in [1.54, 1.807) is 22.8 Å². The van der Waals surface area contributed by atoms with Crippen molar-refractivity contribution in [1.82, 2.24) is 19.9 Å². The van der Waals surface area contributed by atoms with E-state index in [4.69, 9.17) is 9.97 Å². The molecule has 0 spiro atoms. The summed E-state index contributed by atoms with van der Waals surface area (Å²) in [6, 6.07) is 34.9. The van der Waals surface area contributed by atoms with Gasteiger partial charge in [-0.05, 0) is 41.8 Å². The molecule has 204 valence electrons. The van der Waals surface area contributed by atoms with Gasteiger partial charge in [-0.1, -0.05) is 91.0 Å². The van der Waals surface area contributed by atoms with Gasteiger partial charge in [0.25, 0.3) is 15.9 Å². The third-order valence-corrected chi connectivity index (χ3v) is 8.14. The first kappa shape index (κ1) is 26.2. The maximum Gasteiger partial charge on any atom is 0.263 e. The topological polar surface area (TPSA) is 106 Å². The summed E-state index contributed by atoms with van der Waals surface area (Å²) in [7, 11) is -4.05. The number of aromatic nitrogens is 3. The van der Waals surface area contributed by atoms with Gasteiger partial charge in [-0.25, -0.2) is 18.4 Å². The Hall–Kier alpha value is -5.02. The number of anilines is 1. The molecule has 2 N–H and O–H groups in total. The van der Waals surface area contributed by atoms with Crippen LogP contribution < -0.4 is 10.0 Å². The van der Waals surface area contributed by atoms with Gasteiger partial charge in [0.2, 0.25) is 0 Å². The van der Waals surface area contributed by atoms with Crippen LogP contribution in [-0.2, 0) is 23.0 Å². The molecule has 2 heterocycles. The van der Waals surface area contributed by atoms with Gasteiger partial charge >= 0.3 is 0 Å². The molecule has 0 atom stereocenters. The molecule has 2 aromatic heterocycles. The van der Waals surface area contributed by atoms with E-state index in [0.29, 0.717) is 35.2 Å². The smallest absolute Gasteiger partial charge is 0.263 e. The molecule has 1 amide bonds. The molecule has 8 nitrogen and oxygen atoms in total. The number of hydrogen-bond donors (Lipinski definition) is 2. The molecule has 6 aromatic rings. The number of fused-ring (bicyclic) bond motifs is 2. The first-order valence-corrected chi connectivity index (χ1v) is 14.7. The number of hydrogen-bond acceptors (Lipinski definition) is 5. The lowest BCUT2D eigenvalue weighted by Gasteiger charge is -2.14. The Kier molecular flexibility index (Phi) is 7.18. The second kappa shape index (κ2) is 11.2. The van der Waals surface area contributed by atoms with E-state index in [1.807, 2.05) is 84.9 Å². The van der Waals surface area contributed by atoms with Crippen molar-refractivity contribution in [3.63, 3.8) is 0 Å². The summed E-state index contributed by atoms with van der Waals surface area (Å²) < 4.78 is 31.6. The number of para-hydroxylation sites is 2. The van der Waals surface area contributed by atoms with Gasteiger partial charge in [0, 0.05) is 6.54 Å². The van der Waals surface area contributed by atoms with Crippen molar-refractivity contribution in [2.24, 2.45) is 0 Å². The number of amides is 1. The predicted octanol–water partition coefficient (Wildman–Crippen LogP) is 5.41. The van der Waals surface area contributed by atoms with Crippen molar-refractivity contribution in [3.05, 3.63) is 132 Å². The van der Waals surface area contributed by atoms with Crippen molar-refractivity contribution in [2.45, 2.75) is 17.9 Å². The summed E-state index contributed by atoms with van der Waals surface area (Å²) in [5.74, 6) is -0.326. The Bertz CT molecular complexity index is 1940. The fourth-order valence-electron chi connectivity index (χ4n) is 4.78. The molecule has 0 saturated heterocycles. The Morgan fingerprint density at radius 2 is 1.27 bits per heavy atom. The zero-order chi connectivity index (χ0) is 28.2. The predicted molar refractivity (Wildman–Crippen MR) is 160 cm³/mol. The van der Waals surface area contributed by atoms with Crippen LogP contribution in [0.25, 0.3) is 22.2 Å². The standard InChI is InChI=1S/C32H27N5O3S/c38-32(33-21-20-23-12-4-1-5-13-23)28-29-31(35-27-19-11-10-18-26(27)34-29)37(22-24-14-6-2-7-15-24)30(28)36-41(39,40)25-16-8-3-9-17-25/h1-19,36H,20-22H2,(H,33,38). The molecular formula is C32H27N5O3S. The van der Waals surface area contributed by atoms with Crippen LogP contribution in [0.15, 0.2) is 120 Å². The molecule has 41 heavy (non-hydrogen) atoms. The fourth-order valence-corrected chi connectivity index (χ4v) is 5.88. The van der Waals surface area contributed by atoms with E-state index in [1.165, 1.54) is 12.1 Å². The van der Waals surface area contributed by atoms with Crippen molar-refractivity contribution in [1.29, 1.82) is 0 Å².